The molecule has 0 aliphatic carbocycles. The molecule has 0 aliphatic rings. The third kappa shape index (κ3) is 6.10. The van der Waals surface area contributed by atoms with Gasteiger partial charge in [0.1, 0.15) is 6.21 Å². The summed E-state index contributed by atoms with van der Waals surface area (Å²) in [6.45, 7) is 8.06. The van der Waals surface area contributed by atoms with Gasteiger partial charge >= 0.3 is 0 Å². The lowest BCUT2D eigenvalue weighted by molar-refractivity contribution is -0.871. The molecule has 0 saturated heterocycles. The van der Waals surface area contributed by atoms with Crippen molar-refractivity contribution in [1.29, 1.82) is 0 Å². The molecular formula is C10H22N2+2. The Hall–Kier alpha value is -0.630. The van der Waals surface area contributed by atoms with Gasteiger partial charge in [-0.05, 0) is 6.58 Å². The van der Waals surface area contributed by atoms with Crippen LogP contribution in [0.3, 0.4) is 0 Å². The lowest BCUT2D eigenvalue weighted by atomic mass is 10.3. The minimum absolute atomic E-state index is 1.04. The number of rotatable bonds is 5. The lowest BCUT2D eigenvalue weighted by Crippen LogP contribution is -2.36. The molecule has 0 radical (unpaired) electrons. The highest BCUT2D eigenvalue weighted by Gasteiger charge is 2.07. The van der Waals surface area contributed by atoms with E-state index in [1.807, 2.05) is 13.1 Å². The zero-order valence-corrected chi connectivity index (χ0v) is 8.88. The minimum atomic E-state index is 1.04. The fraction of sp³-hybridized carbons (Fsp3) is 0.700. The van der Waals surface area contributed by atoms with Gasteiger partial charge in [-0.2, -0.15) is 0 Å². The van der Waals surface area contributed by atoms with Crippen molar-refractivity contribution in [3.8, 4) is 0 Å². The summed E-state index contributed by atoms with van der Waals surface area (Å²) in [5.41, 5.74) is 0. The summed E-state index contributed by atoms with van der Waals surface area (Å²) in [7, 11) is 6.65. The smallest absolute Gasteiger partial charge is 0.161 e. The molecule has 0 aliphatic heterocycles. The number of quaternary nitrogens is 1. The van der Waals surface area contributed by atoms with Gasteiger partial charge < -0.3 is 4.48 Å². The molecule has 0 aromatic carbocycles. The predicted octanol–water partition coefficient (Wildman–Crippen LogP) is 1.33. The molecule has 2 nitrogen and oxygen atoms in total. The van der Waals surface area contributed by atoms with E-state index in [-0.39, 0.29) is 0 Å². The van der Waals surface area contributed by atoms with Crippen LogP contribution < -0.4 is 0 Å². The van der Waals surface area contributed by atoms with Gasteiger partial charge in [0.15, 0.2) is 12.7 Å². The van der Waals surface area contributed by atoms with Crippen molar-refractivity contribution in [3.05, 3.63) is 12.8 Å². The van der Waals surface area contributed by atoms with E-state index in [4.69, 9.17) is 0 Å². The van der Waals surface area contributed by atoms with Crippen molar-refractivity contribution < 1.29 is 9.06 Å². The van der Waals surface area contributed by atoms with E-state index in [1.54, 1.807) is 0 Å². The Balaban J connectivity index is 3.63. The molecule has 0 amide bonds. The molecule has 0 aromatic heterocycles. The van der Waals surface area contributed by atoms with Crippen LogP contribution in [0, 0.1) is 0 Å². The first-order chi connectivity index (χ1) is 5.49. The van der Waals surface area contributed by atoms with Crippen LogP contribution in [-0.4, -0.2) is 49.5 Å². The monoisotopic (exact) mass is 170 g/mol. The Morgan fingerprint density at radius 2 is 1.92 bits per heavy atom. The summed E-state index contributed by atoms with van der Waals surface area (Å²) in [5.74, 6) is 0. The Bertz CT molecular complexity index is 163. The van der Waals surface area contributed by atoms with E-state index in [1.165, 1.54) is 13.0 Å². The van der Waals surface area contributed by atoms with Crippen LogP contribution in [0.4, 0.5) is 0 Å². The lowest BCUT2D eigenvalue weighted by Gasteiger charge is -2.22. The molecule has 0 aromatic rings. The molecule has 0 bridgehead atoms. The molecule has 0 heterocycles. The molecule has 0 saturated carbocycles. The summed E-state index contributed by atoms with van der Waals surface area (Å²) < 4.78 is 3.16. The second-order valence-corrected chi connectivity index (χ2v) is 4.05. The number of hydrogen-bond acceptors (Lipinski definition) is 0. The third-order valence-electron chi connectivity index (χ3n) is 1.81. The van der Waals surface area contributed by atoms with Gasteiger partial charge in [0.05, 0.1) is 34.1 Å². The Morgan fingerprint density at radius 1 is 1.33 bits per heavy atom. The number of nitrogens with zero attached hydrogens (tertiary/aromatic N) is 2. The molecular weight excluding hydrogens is 148 g/mol. The maximum absolute atomic E-state index is 3.74. The van der Waals surface area contributed by atoms with Crippen LogP contribution in [0.2, 0.25) is 0 Å². The SMILES string of the molecule is C=C/[N+](=C\C)CCC[N+](C)(C)C. The highest BCUT2D eigenvalue weighted by molar-refractivity contribution is 5.46. The van der Waals surface area contributed by atoms with Crippen LogP contribution in [0.15, 0.2) is 12.8 Å². The van der Waals surface area contributed by atoms with Crippen molar-refractivity contribution in [1.82, 2.24) is 0 Å². The van der Waals surface area contributed by atoms with Gasteiger partial charge in [-0.3, -0.25) is 0 Å². The summed E-state index contributed by atoms with van der Waals surface area (Å²) in [4.78, 5) is 0. The van der Waals surface area contributed by atoms with E-state index in [0.29, 0.717) is 0 Å². The quantitative estimate of drug-likeness (QED) is 0.333. The first kappa shape index (κ1) is 11.4. The second-order valence-electron chi connectivity index (χ2n) is 4.05. The highest BCUT2D eigenvalue weighted by Crippen LogP contribution is 1.93. The van der Waals surface area contributed by atoms with E-state index in [0.717, 1.165) is 11.0 Å². The van der Waals surface area contributed by atoms with Crippen LogP contribution >= 0.6 is 0 Å². The number of hydrogen-bond donors (Lipinski definition) is 0. The summed E-state index contributed by atoms with van der Waals surface area (Å²) in [5, 5.41) is 0. The molecule has 2 heteroatoms. The molecule has 70 valence electrons. The molecule has 0 atom stereocenters. The summed E-state index contributed by atoms with van der Waals surface area (Å²) >= 11 is 0. The van der Waals surface area contributed by atoms with Crippen molar-refractivity contribution in [3.63, 3.8) is 0 Å². The summed E-state index contributed by atoms with van der Waals surface area (Å²) in [6, 6.07) is 0. The van der Waals surface area contributed by atoms with E-state index in [9.17, 15) is 0 Å². The largest absolute Gasteiger partial charge is 0.331 e. The molecule has 0 rings (SSSR count). The fourth-order valence-electron chi connectivity index (χ4n) is 1.05. The van der Waals surface area contributed by atoms with E-state index < -0.39 is 0 Å². The van der Waals surface area contributed by atoms with Gasteiger partial charge in [-0.1, -0.05) is 0 Å². The molecule has 0 fully saturated rings. The van der Waals surface area contributed by atoms with Crippen LogP contribution in [0.5, 0.6) is 0 Å². The van der Waals surface area contributed by atoms with Crippen molar-refractivity contribution in [2.75, 3.05) is 34.2 Å². The minimum Gasteiger partial charge on any atom is -0.331 e. The summed E-state index contributed by atoms with van der Waals surface area (Å²) in [6.07, 6.45) is 5.14. The van der Waals surface area contributed by atoms with Gasteiger partial charge in [0.25, 0.3) is 0 Å². The zero-order valence-electron chi connectivity index (χ0n) is 8.88. The zero-order chi connectivity index (χ0) is 9.61. The molecule has 0 N–H and O–H groups in total. The van der Waals surface area contributed by atoms with Gasteiger partial charge in [-0.25, -0.2) is 4.58 Å². The highest BCUT2D eigenvalue weighted by atomic mass is 15.3. The first-order valence-electron chi connectivity index (χ1n) is 4.48. The molecule has 0 unspecified atom stereocenters. The van der Waals surface area contributed by atoms with Gasteiger partial charge in [-0.15, -0.1) is 0 Å². The van der Waals surface area contributed by atoms with Crippen LogP contribution in [-0.2, 0) is 0 Å². The van der Waals surface area contributed by atoms with Crippen molar-refractivity contribution in [2.45, 2.75) is 13.3 Å². The van der Waals surface area contributed by atoms with Crippen molar-refractivity contribution >= 4 is 6.21 Å². The Labute approximate surface area is 76.4 Å². The van der Waals surface area contributed by atoms with E-state index in [2.05, 4.69) is 38.5 Å². The van der Waals surface area contributed by atoms with Gasteiger partial charge in [0.2, 0.25) is 0 Å². The molecule has 12 heavy (non-hydrogen) atoms. The van der Waals surface area contributed by atoms with Gasteiger partial charge in [0, 0.05) is 6.92 Å². The first-order valence-corrected chi connectivity index (χ1v) is 4.48. The molecule has 0 spiro atoms. The average molecular weight is 170 g/mol. The van der Waals surface area contributed by atoms with Crippen molar-refractivity contribution in [2.24, 2.45) is 0 Å². The topological polar surface area (TPSA) is 3.01 Å². The standard InChI is InChI=1S/C10H22N2/c1-6-11(7-2)9-8-10-12(3,4)5/h6-7H,1,8-10H2,2-5H3/q+2/b11-7+. The maximum Gasteiger partial charge on any atom is 0.161 e. The Morgan fingerprint density at radius 3 is 2.25 bits per heavy atom. The van der Waals surface area contributed by atoms with Crippen LogP contribution in [0.25, 0.3) is 0 Å². The van der Waals surface area contributed by atoms with Crippen LogP contribution in [0.1, 0.15) is 13.3 Å². The fourth-order valence-corrected chi connectivity index (χ4v) is 1.05. The average Bonchev–Trinajstić information content (AvgIpc) is 1.96. The van der Waals surface area contributed by atoms with E-state index >= 15 is 0 Å². The second kappa shape index (κ2) is 5.09. The third-order valence-corrected chi connectivity index (χ3v) is 1.81. The Kier molecular flexibility index (Phi) is 4.83. The predicted molar refractivity (Wildman–Crippen MR) is 54.6 cm³/mol. The normalized spacial score (nSPS) is 13.2. The maximum atomic E-state index is 3.74.